The highest BCUT2D eigenvalue weighted by Crippen LogP contribution is 2.28. The summed E-state index contributed by atoms with van der Waals surface area (Å²) in [6, 6.07) is 12.6. The van der Waals surface area contributed by atoms with Crippen LogP contribution in [-0.4, -0.2) is 25.8 Å². The Morgan fingerprint density at radius 3 is 2.56 bits per heavy atom. The number of aromatic amines is 1. The van der Waals surface area contributed by atoms with E-state index in [-0.39, 0.29) is 31.7 Å². The van der Waals surface area contributed by atoms with Crippen molar-refractivity contribution in [3.8, 4) is 0 Å². The Labute approximate surface area is 188 Å². The fraction of sp³-hybridized carbons (Fsp3) is 0.261. The number of aliphatic hydroxyl groups excluding tert-OH is 1. The van der Waals surface area contributed by atoms with Crippen molar-refractivity contribution in [1.29, 1.82) is 0 Å². The van der Waals surface area contributed by atoms with Gasteiger partial charge in [0.15, 0.2) is 0 Å². The number of H-pyrrole nitrogens is 1. The van der Waals surface area contributed by atoms with Crippen molar-refractivity contribution >= 4 is 28.3 Å². The van der Waals surface area contributed by atoms with Gasteiger partial charge in [-0.2, -0.15) is 0 Å². The van der Waals surface area contributed by atoms with Crippen molar-refractivity contribution in [2.24, 2.45) is 4.99 Å². The van der Waals surface area contributed by atoms with Crippen LogP contribution in [0, 0.1) is 13.8 Å². The molecule has 4 aromatic rings. The molecule has 0 aliphatic heterocycles. The van der Waals surface area contributed by atoms with Gasteiger partial charge in [0.25, 0.3) is 0 Å². The number of aryl methyl sites for hydroxylation is 2. The zero-order valence-electron chi connectivity index (χ0n) is 17.8. The minimum absolute atomic E-state index is 0.102. The molecule has 2 aromatic heterocycles. The third kappa shape index (κ3) is 4.32. The minimum atomic E-state index is -0.578. The molecular formula is C23H23ClN4O4. The van der Waals surface area contributed by atoms with E-state index < -0.39 is 11.4 Å². The zero-order chi connectivity index (χ0) is 22.8. The fourth-order valence-corrected chi connectivity index (χ4v) is 3.63. The Kier molecular flexibility index (Phi) is 6.16. The molecule has 8 nitrogen and oxygen atoms in total. The molecule has 0 saturated heterocycles. The largest absolute Gasteiger partial charge is 0.461 e. The quantitative estimate of drug-likeness (QED) is 0.467. The number of aliphatic hydroxyl groups is 1. The summed E-state index contributed by atoms with van der Waals surface area (Å²) < 4.78 is 8.19. The van der Waals surface area contributed by atoms with Gasteiger partial charge in [-0.25, -0.2) is 19.1 Å². The lowest BCUT2D eigenvalue weighted by Gasteiger charge is -2.11. The number of hydrogen-bond donors (Lipinski definition) is 2. The van der Waals surface area contributed by atoms with Crippen LogP contribution in [0.1, 0.15) is 23.3 Å². The summed E-state index contributed by atoms with van der Waals surface area (Å²) in [6.07, 6.45) is 0.288. The first kappa shape index (κ1) is 21.9. The molecule has 0 bridgehead atoms. The Hall–Kier alpha value is -3.36. The molecule has 2 aromatic carbocycles. The van der Waals surface area contributed by atoms with E-state index in [2.05, 4.69) is 9.98 Å². The lowest BCUT2D eigenvalue weighted by atomic mass is 10.1. The molecule has 2 heterocycles. The van der Waals surface area contributed by atoms with Gasteiger partial charge in [0.2, 0.25) is 5.62 Å². The zero-order valence-corrected chi connectivity index (χ0v) is 18.5. The van der Waals surface area contributed by atoms with Gasteiger partial charge in [-0.1, -0.05) is 23.7 Å². The summed E-state index contributed by atoms with van der Waals surface area (Å²) in [5.41, 5.74) is 2.21. The maximum Gasteiger partial charge on any atom is 0.335 e. The van der Waals surface area contributed by atoms with E-state index in [4.69, 9.17) is 21.1 Å². The third-order valence-corrected chi connectivity index (χ3v) is 5.62. The number of rotatable bonds is 6. The molecule has 0 saturated carbocycles. The lowest BCUT2D eigenvalue weighted by molar-refractivity contribution is 0.276. The predicted octanol–water partition coefficient (Wildman–Crippen LogP) is 3.02. The molecule has 0 aliphatic rings. The summed E-state index contributed by atoms with van der Waals surface area (Å²) >= 11 is 5.98. The molecule has 9 heteroatoms. The molecule has 0 unspecified atom stereocenters. The standard InChI is InChI=1S/C23H23ClN4O4/c1-14-15(2)32-20-9-8-18(12-19(14)20)25-21-26-22(30)27(10-3-11-29)23(31)28(21)13-16-4-6-17(24)7-5-16/h4-9,12,29H,3,10-11,13H2,1-2H3,(H,25,26,30). The van der Waals surface area contributed by atoms with E-state index in [1.807, 2.05) is 38.1 Å². The Morgan fingerprint density at radius 2 is 1.84 bits per heavy atom. The summed E-state index contributed by atoms with van der Waals surface area (Å²) in [6.45, 7) is 4.03. The molecule has 166 valence electrons. The van der Waals surface area contributed by atoms with Crippen LogP contribution in [0.5, 0.6) is 0 Å². The van der Waals surface area contributed by atoms with E-state index >= 15 is 0 Å². The fourth-order valence-electron chi connectivity index (χ4n) is 3.51. The van der Waals surface area contributed by atoms with Gasteiger partial charge in [0.05, 0.1) is 12.2 Å². The van der Waals surface area contributed by atoms with Gasteiger partial charge in [-0.15, -0.1) is 0 Å². The van der Waals surface area contributed by atoms with Gasteiger partial charge < -0.3 is 9.52 Å². The van der Waals surface area contributed by atoms with Crippen LogP contribution in [0.25, 0.3) is 11.0 Å². The van der Waals surface area contributed by atoms with Crippen molar-refractivity contribution in [1.82, 2.24) is 14.1 Å². The number of hydrogen-bond acceptors (Lipinski definition) is 5. The first-order valence-electron chi connectivity index (χ1n) is 10.2. The molecule has 0 spiro atoms. The van der Waals surface area contributed by atoms with Crippen molar-refractivity contribution in [3.63, 3.8) is 0 Å². The summed E-state index contributed by atoms with van der Waals surface area (Å²) in [7, 11) is 0. The second-order valence-corrected chi connectivity index (χ2v) is 7.99. The monoisotopic (exact) mass is 454 g/mol. The highest BCUT2D eigenvalue weighted by Gasteiger charge is 2.11. The van der Waals surface area contributed by atoms with Crippen LogP contribution < -0.4 is 17.0 Å². The SMILES string of the molecule is Cc1oc2ccc(/N=c3\[nH]c(=O)n(CCCO)c(=O)n3Cc3ccc(Cl)cc3)cc2c1C. The predicted molar refractivity (Wildman–Crippen MR) is 122 cm³/mol. The second-order valence-electron chi connectivity index (χ2n) is 7.55. The smallest absolute Gasteiger partial charge is 0.335 e. The second kappa shape index (κ2) is 9.02. The molecule has 0 amide bonds. The van der Waals surface area contributed by atoms with E-state index in [1.165, 1.54) is 4.57 Å². The van der Waals surface area contributed by atoms with E-state index in [1.54, 1.807) is 18.2 Å². The Balaban J connectivity index is 1.89. The number of aromatic nitrogens is 3. The third-order valence-electron chi connectivity index (χ3n) is 5.37. The normalized spacial score (nSPS) is 12.1. The number of halogens is 1. The summed E-state index contributed by atoms with van der Waals surface area (Å²) in [4.78, 5) is 33.1. The van der Waals surface area contributed by atoms with Gasteiger partial charge in [-0.3, -0.25) is 9.55 Å². The van der Waals surface area contributed by atoms with Crippen molar-refractivity contribution < 1.29 is 9.52 Å². The van der Waals surface area contributed by atoms with Crippen molar-refractivity contribution in [2.45, 2.75) is 33.4 Å². The van der Waals surface area contributed by atoms with E-state index in [0.717, 1.165) is 32.4 Å². The summed E-state index contributed by atoms with van der Waals surface area (Å²) in [5.74, 6) is 0.829. The van der Waals surface area contributed by atoms with E-state index in [9.17, 15) is 9.59 Å². The maximum absolute atomic E-state index is 13.2. The van der Waals surface area contributed by atoms with Crippen LogP contribution in [0.2, 0.25) is 5.02 Å². The van der Waals surface area contributed by atoms with Crippen LogP contribution in [0.4, 0.5) is 5.69 Å². The number of nitrogens with zero attached hydrogens (tertiary/aromatic N) is 3. The molecule has 0 aliphatic carbocycles. The van der Waals surface area contributed by atoms with Gasteiger partial charge >= 0.3 is 11.4 Å². The minimum Gasteiger partial charge on any atom is -0.461 e. The van der Waals surface area contributed by atoms with Gasteiger partial charge in [0.1, 0.15) is 11.3 Å². The van der Waals surface area contributed by atoms with Crippen LogP contribution in [0.15, 0.2) is 61.5 Å². The highest BCUT2D eigenvalue weighted by molar-refractivity contribution is 6.30. The van der Waals surface area contributed by atoms with Crippen LogP contribution in [-0.2, 0) is 13.1 Å². The van der Waals surface area contributed by atoms with Crippen LogP contribution >= 0.6 is 11.6 Å². The number of benzene rings is 2. The molecule has 0 atom stereocenters. The first-order valence-corrected chi connectivity index (χ1v) is 10.6. The maximum atomic E-state index is 13.2. The molecule has 0 radical (unpaired) electrons. The van der Waals surface area contributed by atoms with Gasteiger partial charge in [-0.05, 0) is 61.7 Å². The average Bonchev–Trinajstić information content (AvgIpc) is 3.05. The topological polar surface area (TPSA) is 106 Å². The summed E-state index contributed by atoms with van der Waals surface area (Å²) in [5, 5.41) is 10.6. The lowest BCUT2D eigenvalue weighted by Crippen LogP contribution is -2.50. The van der Waals surface area contributed by atoms with E-state index in [0.29, 0.717) is 10.7 Å². The molecule has 2 N–H and O–H groups in total. The number of furan rings is 1. The molecule has 0 fully saturated rings. The molecule has 4 rings (SSSR count). The number of nitrogens with one attached hydrogen (secondary N) is 1. The first-order chi connectivity index (χ1) is 15.4. The molecular weight excluding hydrogens is 432 g/mol. The highest BCUT2D eigenvalue weighted by atomic mass is 35.5. The Bertz CT molecular complexity index is 1460. The van der Waals surface area contributed by atoms with Crippen LogP contribution in [0.3, 0.4) is 0 Å². The van der Waals surface area contributed by atoms with Crippen molar-refractivity contribution in [3.05, 3.63) is 91.0 Å². The molecule has 32 heavy (non-hydrogen) atoms. The number of fused-ring (bicyclic) bond motifs is 1. The average molecular weight is 455 g/mol. The van der Waals surface area contributed by atoms with Gasteiger partial charge in [0, 0.05) is 23.6 Å². The van der Waals surface area contributed by atoms with Crippen molar-refractivity contribution in [2.75, 3.05) is 6.61 Å². The Morgan fingerprint density at radius 1 is 1.09 bits per heavy atom.